The van der Waals surface area contributed by atoms with Gasteiger partial charge < -0.3 is 9.42 Å². The number of amides is 1. The molecule has 1 aliphatic heterocycles. The van der Waals surface area contributed by atoms with Crippen LogP contribution in [0.3, 0.4) is 0 Å². The molecule has 28 heavy (non-hydrogen) atoms. The van der Waals surface area contributed by atoms with Crippen LogP contribution in [0.4, 0.5) is 13.2 Å². The predicted molar refractivity (Wildman–Crippen MR) is 91.7 cm³/mol. The van der Waals surface area contributed by atoms with Gasteiger partial charge in [0.25, 0.3) is 11.8 Å². The summed E-state index contributed by atoms with van der Waals surface area (Å²) in [5.41, 5.74) is 0.0377. The van der Waals surface area contributed by atoms with Gasteiger partial charge in [-0.2, -0.15) is 4.98 Å². The standard InChI is InChI=1S/C19H15F3N4O2/c20-13-7-6-12(15(21)16(13)22)19(27)26-9-3-4-11(10-26)17-24-18(28-25-17)14-5-1-2-8-23-14/h1-2,5-8,11H,3-4,9-10H2. The third kappa shape index (κ3) is 3.35. The zero-order chi connectivity index (χ0) is 19.7. The average molecular weight is 388 g/mol. The maximum absolute atomic E-state index is 14.0. The van der Waals surface area contributed by atoms with Crippen molar-refractivity contribution in [1.82, 2.24) is 20.0 Å². The second-order valence-corrected chi connectivity index (χ2v) is 6.49. The highest BCUT2D eigenvalue weighted by Gasteiger charge is 2.31. The molecule has 1 aliphatic rings. The van der Waals surface area contributed by atoms with Crippen LogP contribution in [-0.4, -0.2) is 39.0 Å². The zero-order valence-corrected chi connectivity index (χ0v) is 14.6. The molecular formula is C19H15F3N4O2. The summed E-state index contributed by atoms with van der Waals surface area (Å²) < 4.78 is 45.8. The molecule has 1 unspecified atom stereocenters. The molecule has 0 spiro atoms. The van der Waals surface area contributed by atoms with Gasteiger partial charge >= 0.3 is 0 Å². The van der Waals surface area contributed by atoms with Crippen molar-refractivity contribution in [3.63, 3.8) is 0 Å². The molecule has 1 fully saturated rings. The maximum Gasteiger partial charge on any atom is 0.276 e. The lowest BCUT2D eigenvalue weighted by molar-refractivity contribution is 0.0697. The number of halogens is 3. The van der Waals surface area contributed by atoms with Gasteiger partial charge in [0.1, 0.15) is 5.69 Å². The van der Waals surface area contributed by atoms with Crippen LogP contribution in [0.15, 0.2) is 41.1 Å². The fraction of sp³-hybridized carbons (Fsp3) is 0.263. The molecule has 1 aromatic carbocycles. The Hall–Kier alpha value is -3.23. The van der Waals surface area contributed by atoms with Crippen LogP contribution in [0.25, 0.3) is 11.6 Å². The van der Waals surface area contributed by atoms with E-state index < -0.39 is 28.9 Å². The highest BCUT2D eigenvalue weighted by atomic mass is 19.2. The van der Waals surface area contributed by atoms with Crippen LogP contribution in [0.2, 0.25) is 0 Å². The molecule has 0 aliphatic carbocycles. The Kier molecular flexibility index (Phi) is 4.81. The number of aromatic nitrogens is 3. The van der Waals surface area contributed by atoms with Gasteiger partial charge in [0.2, 0.25) is 0 Å². The minimum atomic E-state index is -1.66. The van der Waals surface area contributed by atoms with Crippen molar-refractivity contribution in [2.45, 2.75) is 18.8 Å². The first kappa shape index (κ1) is 18.1. The molecule has 0 radical (unpaired) electrons. The molecule has 1 atom stereocenters. The molecule has 0 bridgehead atoms. The quantitative estimate of drug-likeness (QED) is 0.642. The molecule has 0 N–H and O–H groups in total. The largest absolute Gasteiger partial charge is 0.338 e. The number of piperidine rings is 1. The van der Waals surface area contributed by atoms with Crippen molar-refractivity contribution in [3.8, 4) is 11.6 Å². The number of likely N-dealkylation sites (tertiary alicyclic amines) is 1. The van der Waals surface area contributed by atoms with Crippen molar-refractivity contribution in [2.75, 3.05) is 13.1 Å². The molecule has 0 saturated carbocycles. The van der Waals surface area contributed by atoms with Crippen LogP contribution in [0.5, 0.6) is 0 Å². The Balaban J connectivity index is 1.53. The fourth-order valence-corrected chi connectivity index (χ4v) is 3.23. The van der Waals surface area contributed by atoms with Crippen LogP contribution in [-0.2, 0) is 0 Å². The monoisotopic (exact) mass is 388 g/mol. The van der Waals surface area contributed by atoms with Gasteiger partial charge in [0, 0.05) is 25.2 Å². The minimum absolute atomic E-state index is 0.215. The fourth-order valence-electron chi connectivity index (χ4n) is 3.23. The molecule has 144 valence electrons. The van der Waals surface area contributed by atoms with E-state index >= 15 is 0 Å². The van der Waals surface area contributed by atoms with Crippen molar-refractivity contribution >= 4 is 5.91 Å². The Labute approximate surface area is 158 Å². The number of carbonyl (C=O) groups excluding carboxylic acids is 1. The number of benzene rings is 1. The van der Waals surface area contributed by atoms with E-state index in [1.165, 1.54) is 4.90 Å². The Morgan fingerprint density at radius 3 is 2.79 bits per heavy atom. The summed E-state index contributed by atoms with van der Waals surface area (Å²) >= 11 is 0. The molecule has 3 aromatic rings. The Morgan fingerprint density at radius 1 is 1.14 bits per heavy atom. The first-order chi connectivity index (χ1) is 13.5. The second kappa shape index (κ2) is 7.41. The summed E-state index contributed by atoms with van der Waals surface area (Å²) in [6.45, 7) is 0.594. The van der Waals surface area contributed by atoms with E-state index in [9.17, 15) is 18.0 Å². The number of hydrogen-bond acceptors (Lipinski definition) is 5. The molecule has 2 aromatic heterocycles. The summed E-state index contributed by atoms with van der Waals surface area (Å²) in [5, 5.41) is 3.98. The number of carbonyl (C=O) groups is 1. The normalized spacial score (nSPS) is 17.0. The molecule has 4 rings (SSSR count). The topological polar surface area (TPSA) is 72.1 Å². The van der Waals surface area contributed by atoms with E-state index in [1.54, 1.807) is 24.4 Å². The average Bonchev–Trinajstić information content (AvgIpc) is 3.23. The number of nitrogens with zero attached hydrogens (tertiary/aromatic N) is 4. The smallest absolute Gasteiger partial charge is 0.276 e. The molecular weight excluding hydrogens is 373 g/mol. The highest BCUT2D eigenvalue weighted by molar-refractivity contribution is 5.94. The first-order valence-corrected chi connectivity index (χ1v) is 8.72. The lowest BCUT2D eigenvalue weighted by Crippen LogP contribution is -2.39. The lowest BCUT2D eigenvalue weighted by atomic mass is 9.96. The van der Waals surface area contributed by atoms with Crippen molar-refractivity contribution < 1.29 is 22.5 Å². The first-order valence-electron chi connectivity index (χ1n) is 8.72. The number of pyridine rings is 1. The van der Waals surface area contributed by atoms with E-state index in [2.05, 4.69) is 15.1 Å². The predicted octanol–water partition coefficient (Wildman–Crippen LogP) is 3.57. The summed E-state index contributed by atoms with van der Waals surface area (Å²) in [4.78, 5) is 22.5. The van der Waals surface area contributed by atoms with E-state index in [0.717, 1.165) is 12.1 Å². The third-order valence-electron chi connectivity index (χ3n) is 4.67. The van der Waals surface area contributed by atoms with E-state index in [1.807, 2.05) is 0 Å². The number of rotatable bonds is 3. The van der Waals surface area contributed by atoms with Crippen molar-refractivity contribution in [2.24, 2.45) is 0 Å². The minimum Gasteiger partial charge on any atom is -0.338 e. The molecule has 1 amide bonds. The van der Waals surface area contributed by atoms with Gasteiger partial charge in [-0.25, -0.2) is 13.2 Å². The molecule has 9 heteroatoms. The van der Waals surface area contributed by atoms with Gasteiger partial charge in [-0.3, -0.25) is 9.78 Å². The van der Waals surface area contributed by atoms with Gasteiger partial charge in [-0.15, -0.1) is 0 Å². The summed E-state index contributed by atoms with van der Waals surface area (Å²) in [5.74, 6) is -4.70. The second-order valence-electron chi connectivity index (χ2n) is 6.49. The van der Waals surface area contributed by atoms with Crippen LogP contribution < -0.4 is 0 Å². The van der Waals surface area contributed by atoms with E-state index in [4.69, 9.17) is 4.52 Å². The summed E-state index contributed by atoms with van der Waals surface area (Å²) in [6.07, 6.45) is 2.96. The van der Waals surface area contributed by atoms with Crippen LogP contribution >= 0.6 is 0 Å². The van der Waals surface area contributed by atoms with E-state index in [0.29, 0.717) is 30.9 Å². The van der Waals surface area contributed by atoms with Crippen LogP contribution in [0.1, 0.15) is 34.9 Å². The summed E-state index contributed by atoms with van der Waals surface area (Å²) in [7, 11) is 0. The van der Waals surface area contributed by atoms with Gasteiger partial charge in [-0.1, -0.05) is 11.2 Å². The maximum atomic E-state index is 14.0. The van der Waals surface area contributed by atoms with Crippen LogP contribution in [0, 0.1) is 17.5 Å². The molecule has 6 nitrogen and oxygen atoms in total. The molecule has 1 saturated heterocycles. The van der Waals surface area contributed by atoms with Gasteiger partial charge in [-0.05, 0) is 37.1 Å². The Morgan fingerprint density at radius 2 is 2.00 bits per heavy atom. The highest BCUT2D eigenvalue weighted by Crippen LogP contribution is 2.28. The third-order valence-corrected chi connectivity index (χ3v) is 4.67. The summed E-state index contributed by atoms with van der Waals surface area (Å²) in [6, 6.07) is 6.99. The van der Waals surface area contributed by atoms with E-state index in [-0.39, 0.29) is 18.4 Å². The van der Waals surface area contributed by atoms with Crippen molar-refractivity contribution in [1.29, 1.82) is 0 Å². The van der Waals surface area contributed by atoms with Crippen molar-refractivity contribution in [3.05, 3.63) is 65.4 Å². The molecule has 3 heterocycles. The van der Waals surface area contributed by atoms with Gasteiger partial charge in [0.05, 0.1) is 5.56 Å². The van der Waals surface area contributed by atoms with Gasteiger partial charge in [0.15, 0.2) is 23.3 Å². The Bertz CT molecular complexity index is 1010. The SMILES string of the molecule is O=C(c1ccc(F)c(F)c1F)N1CCCC(c2noc(-c3ccccn3)n2)C1. The zero-order valence-electron chi connectivity index (χ0n) is 14.6. The number of hydrogen-bond donors (Lipinski definition) is 0. The lowest BCUT2D eigenvalue weighted by Gasteiger charge is -2.31.